The van der Waals surface area contributed by atoms with E-state index in [1.807, 2.05) is 12.1 Å². The molecule has 0 radical (unpaired) electrons. The van der Waals surface area contributed by atoms with Crippen LogP contribution in [-0.4, -0.2) is 28.2 Å². The Morgan fingerprint density at radius 2 is 2.18 bits per heavy atom. The van der Waals surface area contributed by atoms with Crippen LogP contribution in [0.25, 0.3) is 11.3 Å². The van der Waals surface area contributed by atoms with Gasteiger partial charge in [0, 0.05) is 5.56 Å². The standard InChI is InChI=1S/C12H10N2O3/c1-17-9-4-2-3-8(5-9)10-6-13-7-11(14-10)12(15)16/h2-7H,1H3,(H,15,16). The molecule has 1 N–H and O–H groups in total. The summed E-state index contributed by atoms with van der Waals surface area (Å²) in [5.74, 6) is -0.410. The molecule has 0 aliphatic rings. The molecule has 0 saturated carbocycles. The molecule has 1 aromatic heterocycles. The number of methoxy groups -OCH3 is 1. The summed E-state index contributed by atoms with van der Waals surface area (Å²) in [6.45, 7) is 0. The smallest absolute Gasteiger partial charge is 0.356 e. The fraction of sp³-hybridized carbons (Fsp3) is 0.0833. The molecule has 0 aliphatic carbocycles. The van der Waals surface area contributed by atoms with Crippen molar-refractivity contribution in [3.05, 3.63) is 42.4 Å². The molecule has 0 aliphatic heterocycles. The van der Waals surface area contributed by atoms with Crippen molar-refractivity contribution in [2.45, 2.75) is 0 Å². The van der Waals surface area contributed by atoms with Crippen LogP contribution in [0.1, 0.15) is 10.5 Å². The van der Waals surface area contributed by atoms with E-state index >= 15 is 0 Å². The summed E-state index contributed by atoms with van der Waals surface area (Å²) in [5, 5.41) is 8.83. The van der Waals surface area contributed by atoms with E-state index in [2.05, 4.69) is 9.97 Å². The Bertz CT molecular complexity index is 555. The maximum atomic E-state index is 10.8. The fourth-order valence-electron chi connectivity index (χ4n) is 1.39. The molecule has 0 atom stereocenters. The van der Waals surface area contributed by atoms with Gasteiger partial charge in [-0.25, -0.2) is 9.78 Å². The highest BCUT2D eigenvalue weighted by molar-refractivity contribution is 5.85. The van der Waals surface area contributed by atoms with Crippen LogP contribution in [0.4, 0.5) is 0 Å². The molecule has 0 spiro atoms. The Balaban J connectivity index is 2.45. The van der Waals surface area contributed by atoms with Gasteiger partial charge in [0.15, 0.2) is 5.69 Å². The van der Waals surface area contributed by atoms with Gasteiger partial charge in [-0.05, 0) is 12.1 Å². The molecule has 5 nitrogen and oxygen atoms in total. The number of hydrogen-bond acceptors (Lipinski definition) is 4. The molecule has 0 amide bonds. The van der Waals surface area contributed by atoms with Crippen molar-refractivity contribution >= 4 is 5.97 Å². The lowest BCUT2D eigenvalue weighted by Gasteiger charge is -2.04. The first-order chi connectivity index (χ1) is 8.20. The third-order valence-corrected chi connectivity index (χ3v) is 2.22. The minimum Gasteiger partial charge on any atom is -0.497 e. The molecule has 2 rings (SSSR count). The van der Waals surface area contributed by atoms with E-state index in [1.54, 1.807) is 19.2 Å². The van der Waals surface area contributed by atoms with E-state index in [4.69, 9.17) is 9.84 Å². The molecular formula is C12H10N2O3. The molecule has 17 heavy (non-hydrogen) atoms. The van der Waals surface area contributed by atoms with E-state index in [0.29, 0.717) is 11.4 Å². The van der Waals surface area contributed by atoms with Crippen molar-refractivity contribution in [1.82, 2.24) is 9.97 Å². The summed E-state index contributed by atoms with van der Waals surface area (Å²) < 4.78 is 5.09. The van der Waals surface area contributed by atoms with Gasteiger partial charge in [-0.3, -0.25) is 4.98 Å². The number of carboxylic acids is 1. The van der Waals surface area contributed by atoms with Crippen molar-refractivity contribution in [2.24, 2.45) is 0 Å². The van der Waals surface area contributed by atoms with Crippen LogP contribution in [0.3, 0.4) is 0 Å². The number of hydrogen-bond donors (Lipinski definition) is 1. The van der Waals surface area contributed by atoms with Crippen molar-refractivity contribution in [2.75, 3.05) is 7.11 Å². The molecule has 1 aromatic carbocycles. The predicted molar refractivity (Wildman–Crippen MR) is 61.0 cm³/mol. The topological polar surface area (TPSA) is 72.3 Å². The minimum atomic E-state index is -1.10. The number of carboxylic acid groups (broad SMARTS) is 1. The zero-order valence-electron chi connectivity index (χ0n) is 9.12. The van der Waals surface area contributed by atoms with Gasteiger partial charge >= 0.3 is 5.97 Å². The average molecular weight is 230 g/mol. The molecule has 2 aromatic rings. The molecule has 5 heteroatoms. The van der Waals surface area contributed by atoms with Crippen molar-refractivity contribution < 1.29 is 14.6 Å². The quantitative estimate of drug-likeness (QED) is 0.871. The molecule has 0 saturated heterocycles. The largest absolute Gasteiger partial charge is 0.497 e. The molecule has 0 unspecified atom stereocenters. The average Bonchev–Trinajstić information content (AvgIpc) is 2.39. The Kier molecular flexibility index (Phi) is 3.00. The fourth-order valence-corrected chi connectivity index (χ4v) is 1.39. The second-order valence-electron chi connectivity index (χ2n) is 3.33. The number of aromatic nitrogens is 2. The van der Waals surface area contributed by atoms with Crippen molar-refractivity contribution in [3.8, 4) is 17.0 Å². The van der Waals surface area contributed by atoms with Gasteiger partial charge in [0.25, 0.3) is 0 Å². The number of nitrogens with zero attached hydrogens (tertiary/aromatic N) is 2. The van der Waals surface area contributed by atoms with E-state index < -0.39 is 5.97 Å². The molecule has 0 fully saturated rings. The summed E-state index contributed by atoms with van der Waals surface area (Å²) in [4.78, 5) is 18.6. The van der Waals surface area contributed by atoms with E-state index in [9.17, 15) is 4.79 Å². The van der Waals surface area contributed by atoms with Crippen LogP contribution >= 0.6 is 0 Å². The van der Waals surface area contributed by atoms with Gasteiger partial charge in [-0.1, -0.05) is 12.1 Å². The Morgan fingerprint density at radius 1 is 1.35 bits per heavy atom. The Morgan fingerprint density at radius 3 is 2.88 bits per heavy atom. The number of rotatable bonds is 3. The summed E-state index contributed by atoms with van der Waals surface area (Å²) in [6.07, 6.45) is 2.73. The third kappa shape index (κ3) is 2.39. The van der Waals surface area contributed by atoms with Gasteiger partial charge in [0.1, 0.15) is 5.75 Å². The van der Waals surface area contributed by atoms with Gasteiger partial charge in [0.05, 0.1) is 25.2 Å². The van der Waals surface area contributed by atoms with Crippen LogP contribution in [0.15, 0.2) is 36.7 Å². The normalized spacial score (nSPS) is 9.94. The molecule has 1 heterocycles. The van der Waals surface area contributed by atoms with Crippen molar-refractivity contribution in [1.29, 1.82) is 0 Å². The zero-order valence-corrected chi connectivity index (χ0v) is 9.12. The highest BCUT2D eigenvalue weighted by Gasteiger charge is 2.07. The first-order valence-electron chi connectivity index (χ1n) is 4.90. The second kappa shape index (κ2) is 4.61. The minimum absolute atomic E-state index is 0.0784. The van der Waals surface area contributed by atoms with Gasteiger partial charge in [-0.15, -0.1) is 0 Å². The van der Waals surface area contributed by atoms with E-state index in [-0.39, 0.29) is 5.69 Å². The van der Waals surface area contributed by atoms with E-state index in [1.165, 1.54) is 12.4 Å². The van der Waals surface area contributed by atoms with Gasteiger partial charge in [-0.2, -0.15) is 0 Å². The first kappa shape index (κ1) is 11.1. The highest BCUT2D eigenvalue weighted by Crippen LogP contribution is 2.21. The molecular weight excluding hydrogens is 220 g/mol. The summed E-state index contributed by atoms with van der Waals surface area (Å²) >= 11 is 0. The highest BCUT2D eigenvalue weighted by atomic mass is 16.5. The SMILES string of the molecule is COc1cccc(-c2cncc(C(=O)O)n2)c1. The van der Waals surface area contributed by atoms with Crippen LogP contribution in [0.2, 0.25) is 0 Å². The first-order valence-corrected chi connectivity index (χ1v) is 4.90. The lowest BCUT2D eigenvalue weighted by molar-refractivity contribution is 0.0690. The van der Waals surface area contributed by atoms with Crippen LogP contribution in [-0.2, 0) is 0 Å². The monoisotopic (exact) mass is 230 g/mol. The second-order valence-corrected chi connectivity index (χ2v) is 3.33. The molecule has 86 valence electrons. The lowest BCUT2D eigenvalue weighted by Crippen LogP contribution is -2.02. The predicted octanol–water partition coefficient (Wildman–Crippen LogP) is 1.85. The number of carbonyl (C=O) groups is 1. The Hall–Kier alpha value is -2.43. The van der Waals surface area contributed by atoms with Crippen LogP contribution in [0.5, 0.6) is 5.75 Å². The summed E-state index contributed by atoms with van der Waals surface area (Å²) in [5.41, 5.74) is 1.19. The molecule has 0 bridgehead atoms. The van der Waals surface area contributed by atoms with Crippen molar-refractivity contribution in [3.63, 3.8) is 0 Å². The summed E-state index contributed by atoms with van der Waals surface area (Å²) in [7, 11) is 1.57. The third-order valence-electron chi connectivity index (χ3n) is 2.22. The van der Waals surface area contributed by atoms with Crippen LogP contribution < -0.4 is 4.74 Å². The Labute approximate surface area is 97.7 Å². The number of benzene rings is 1. The van der Waals surface area contributed by atoms with E-state index in [0.717, 1.165) is 5.56 Å². The lowest BCUT2D eigenvalue weighted by atomic mass is 10.1. The maximum absolute atomic E-state index is 10.8. The zero-order chi connectivity index (χ0) is 12.3. The summed E-state index contributed by atoms with van der Waals surface area (Å²) in [6, 6.07) is 7.20. The van der Waals surface area contributed by atoms with Crippen LogP contribution in [0, 0.1) is 0 Å². The van der Waals surface area contributed by atoms with Gasteiger partial charge in [0.2, 0.25) is 0 Å². The maximum Gasteiger partial charge on any atom is 0.356 e. The van der Waals surface area contributed by atoms with Gasteiger partial charge < -0.3 is 9.84 Å². The number of ether oxygens (including phenoxy) is 1. The number of aromatic carboxylic acids is 1.